The maximum absolute atomic E-state index is 6.72. The molecule has 51 valence electrons. The molecule has 0 saturated heterocycles. The van der Waals surface area contributed by atoms with E-state index in [0.717, 1.165) is 12.8 Å². The average molecular weight is 124 g/mol. The van der Waals surface area contributed by atoms with E-state index in [-0.39, 0.29) is 0 Å². The molecule has 1 nitrogen and oxygen atoms in total. The first kappa shape index (κ1) is 8.52. The van der Waals surface area contributed by atoms with E-state index in [1.54, 1.807) is 0 Å². The summed E-state index contributed by atoms with van der Waals surface area (Å²) in [6.45, 7) is 2.15. The van der Waals surface area contributed by atoms with Crippen molar-refractivity contribution in [3.63, 3.8) is 0 Å². The third-order valence-electron chi connectivity index (χ3n) is 1.39. The smallest absolute Gasteiger partial charge is 0.0253 e. The van der Waals surface area contributed by atoms with E-state index in [9.17, 15) is 0 Å². The summed E-state index contributed by atoms with van der Waals surface area (Å²) in [4.78, 5) is 0. The van der Waals surface area contributed by atoms with Gasteiger partial charge in [0, 0.05) is 12.5 Å². The van der Waals surface area contributed by atoms with Gasteiger partial charge >= 0.3 is 0 Å². The van der Waals surface area contributed by atoms with Gasteiger partial charge in [-0.2, -0.15) is 0 Å². The summed E-state index contributed by atoms with van der Waals surface area (Å²) in [6.07, 6.45) is 9.78. The van der Waals surface area contributed by atoms with Crippen molar-refractivity contribution in [3.05, 3.63) is 6.42 Å². The van der Waals surface area contributed by atoms with Crippen molar-refractivity contribution in [2.24, 2.45) is 0 Å². The van der Waals surface area contributed by atoms with E-state index < -0.39 is 0 Å². The molecule has 0 amide bonds. The van der Waals surface area contributed by atoms with Crippen LogP contribution in [0.3, 0.4) is 0 Å². The van der Waals surface area contributed by atoms with Gasteiger partial charge in [-0.15, -0.1) is 0 Å². The fourth-order valence-corrected chi connectivity index (χ4v) is 0.820. The lowest BCUT2D eigenvalue weighted by Crippen LogP contribution is -2.23. The summed E-state index contributed by atoms with van der Waals surface area (Å²) in [7, 11) is 1.93. The van der Waals surface area contributed by atoms with Crippen LogP contribution in [0.25, 0.3) is 0 Å². The fourth-order valence-electron chi connectivity index (χ4n) is 0.820. The second-order valence-corrected chi connectivity index (χ2v) is 2.16. The van der Waals surface area contributed by atoms with Gasteiger partial charge in [-0.3, -0.25) is 0 Å². The Balaban J connectivity index is 3.32. The Labute approximate surface area is 57.8 Å². The van der Waals surface area contributed by atoms with Gasteiger partial charge in [0.15, 0.2) is 0 Å². The molecule has 0 bridgehead atoms. The van der Waals surface area contributed by atoms with Gasteiger partial charge in [0.2, 0.25) is 0 Å². The van der Waals surface area contributed by atoms with Crippen molar-refractivity contribution in [3.8, 4) is 5.92 Å². The molecule has 0 aliphatic rings. The zero-order valence-electron chi connectivity index (χ0n) is 6.20. The third kappa shape index (κ3) is 4.05. The van der Waals surface area contributed by atoms with Crippen LogP contribution in [-0.2, 0) is 0 Å². The molecule has 1 radical (unpaired) electrons. The molecule has 1 unspecified atom stereocenters. The molecule has 0 spiro atoms. The third-order valence-corrected chi connectivity index (χ3v) is 1.39. The molecule has 0 aromatic heterocycles. The van der Waals surface area contributed by atoms with Crippen LogP contribution in [-0.4, -0.2) is 13.1 Å². The number of rotatable bonds is 4. The first-order valence-electron chi connectivity index (χ1n) is 3.42. The highest BCUT2D eigenvalue weighted by Crippen LogP contribution is 1.98. The van der Waals surface area contributed by atoms with Crippen LogP contribution in [0.5, 0.6) is 0 Å². The minimum absolute atomic E-state index is 0.465. The maximum Gasteiger partial charge on any atom is 0.0253 e. The molecule has 1 heteroatoms. The van der Waals surface area contributed by atoms with Crippen LogP contribution in [0, 0.1) is 12.3 Å². The van der Waals surface area contributed by atoms with E-state index in [4.69, 9.17) is 6.42 Å². The molecule has 0 fully saturated rings. The maximum atomic E-state index is 6.72. The van der Waals surface area contributed by atoms with Gasteiger partial charge in [-0.1, -0.05) is 19.3 Å². The Morgan fingerprint density at radius 2 is 2.33 bits per heavy atom. The molecular formula is C8H14N. The van der Waals surface area contributed by atoms with E-state index in [2.05, 4.69) is 18.2 Å². The quantitative estimate of drug-likeness (QED) is 0.558. The van der Waals surface area contributed by atoms with Crippen LogP contribution < -0.4 is 5.32 Å². The van der Waals surface area contributed by atoms with Gasteiger partial charge in [0.25, 0.3) is 0 Å². The van der Waals surface area contributed by atoms with E-state index in [1.807, 2.05) is 7.05 Å². The number of nitrogens with one attached hydrogen (secondary N) is 1. The Hall–Kier alpha value is -0.480. The molecule has 0 aromatic rings. The molecule has 0 aromatic carbocycles. The van der Waals surface area contributed by atoms with Crippen LogP contribution >= 0.6 is 0 Å². The summed E-state index contributed by atoms with van der Waals surface area (Å²) in [5.74, 6) is 2.39. The van der Waals surface area contributed by atoms with Crippen molar-refractivity contribution in [1.82, 2.24) is 5.32 Å². The Bertz CT molecular complexity index is 91.2. The predicted octanol–water partition coefficient (Wildman–Crippen LogP) is 1.35. The summed E-state index contributed by atoms with van der Waals surface area (Å²) < 4.78 is 0. The number of hydrogen-bond acceptors (Lipinski definition) is 1. The summed E-state index contributed by atoms with van der Waals surface area (Å²) in [6, 6.07) is 0.465. The topological polar surface area (TPSA) is 12.0 Å². The van der Waals surface area contributed by atoms with Gasteiger partial charge in [0.05, 0.1) is 0 Å². The lowest BCUT2D eigenvalue weighted by molar-refractivity contribution is 0.527. The summed E-state index contributed by atoms with van der Waals surface area (Å²) in [5, 5.41) is 3.12. The normalized spacial score (nSPS) is 12.6. The predicted molar refractivity (Wildman–Crippen MR) is 39.5 cm³/mol. The second-order valence-electron chi connectivity index (χ2n) is 2.16. The highest BCUT2D eigenvalue weighted by Gasteiger charge is 1.99. The van der Waals surface area contributed by atoms with Gasteiger partial charge in [-0.05, 0) is 19.9 Å². The molecule has 0 aliphatic heterocycles. The SMILES string of the molecule is [C]#CCC(CCC)NC. The Kier molecular flexibility index (Phi) is 5.35. The van der Waals surface area contributed by atoms with E-state index in [1.165, 1.54) is 6.42 Å². The Morgan fingerprint density at radius 3 is 2.67 bits per heavy atom. The molecule has 0 heterocycles. The van der Waals surface area contributed by atoms with Crippen LogP contribution in [0.1, 0.15) is 26.2 Å². The molecule has 0 aliphatic carbocycles. The standard InChI is InChI=1S/C8H14N/c1-4-6-8(9-3)7-5-2/h8-9H,4,6-7H2,1,3H3. The molecular weight excluding hydrogens is 110 g/mol. The van der Waals surface area contributed by atoms with Crippen molar-refractivity contribution in [2.75, 3.05) is 7.05 Å². The molecule has 1 atom stereocenters. The molecule has 1 N–H and O–H groups in total. The summed E-state index contributed by atoms with van der Waals surface area (Å²) >= 11 is 0. The molecule has 0 rings (SSSR count). The highest BCUT2D eigenvalue weighted by atomic mass is 14.9. The Morgan fingerprint density at radius 1 is 1.67 bits per heavy atom. The first-order valence-corrected chi connectivity index (χ1v) is 3.42. The van der Waals surface area contributed by atoms with E-state index >= 15 is 0 Å². The fraction of sp³-hybridized carbons (Fsp3) is 0.750. The van der Waals surface area contributed by atoms with Crippen LogP contribution in [0.4, 0.5) is 0 Å². The minimum Gasteiger partial charge on any atom is -0.316 e. The zero-order chi connectivity index (χ0) is 7.11. The van der Waals surface area contributed by atoms with E-state index in [0.29, 0.717) is 6.04 Å². The highest BCUT2D eigenvalue weighted by molar-refractivity contribution is 4.83. The molecule has 0 saturated carbocycles. The van der Waals surface area contributed by atoms with Gasteiger partial charge in [-0.25, -0.2) is 0 Å². The number of hydrogen-bond donors (Lipinski definition) is 1. The lowest BCUT2D eigenvalue weighted by atomic mass is 10.1. The summed E-state index contributed by atoms with van der Waals surface area (Å²) in [5.41, 5.74) is 0. The van der Waals surface area contributed by atoms with Gasteiger partial charge < -0.3 is 5.32 Å². The molecule has 9 heavy (non-hydrogen) atoms. The second kappa shape index (κ2) is 5.65. The monoisotopic (exact) mass is 124 g/mol. The first-order chi connectivity index (χ1) is 4.35. The minimum atomic E-state index is 0.465. The van der Waals surface area contributed by atoms with Crippen molar-refractivity contribution in [2.45, 2.75) is 32.2 Å². The largest absolute Gasteiger partial charge is 0.316 e. The van der Waals surface area contributed by atoms with Gasteiger partial charge in [0.1, 0.15) is 0 Å². The van der Waals surface area contributed by atoms with Crippen LogP contribution in [0.2, 0.25) is 0 Å². The zero-order valence-corrected chi connectivity index (χ0v) is 6.20. The van der Waals surface area contributed by atoms with Crippen LogP contribution in [0.15, 0.2) is 0 Å². The van der Waals surface area contributed by atoms with Crippen molar-refractivity contribution < 1.29 is 0 Å². The van der Waals surface area contributed by atoms with Crippen molar-refractivity contribution >= 4 is 0 Å². The lowest BCUT2D eigenvalue weighted by Gasteiger charge is -2.09. The van der Waals surface area contributed by atoms with Crippen molar-refractivity contribution in [1.29, 1.82) is 0 Å². The average Bonchev–Trinajstić information content (AvgIpc) is 1.88.